The van der Waals surface area contributed by atoms with Crippen molar-refractivity contribution in [1.29, 1.82) is 0 Å². The summed E-state index contributed by atoms with van der Waals surface area (Å²) in [6.45, 7) is 14.4. The number of rotatable bonds is 6. The molecule has 0 aliphatic heterocycles. The van der Waals surface area contributed by atoms with E-state index in [9.17, 15) is 0 Å². The largest absolute Gasteiger partial charge is 0.436 e. The number of fused-ring (bicyclic) bond motifs is 1. The van der Waals surface area contributed by atoms with Crippen LogP contribution in [0.1, 0.15) is 90.9 Å². The molecule has 2 aliphatic carbocycles. The van der Waals surface area contributed by atoms with E-state index in [2.05, 4.69) is 40.7 Å². The Morgan fingerprint density at radius 1 is 1.12 bits per heavy atom. The van der Waals surface area contributed by atoms with Crippen molar-refractivity contribution in [2.24, 2.45) is 23.2 Å². The molecular formula is C23H38O3. The lowest BCUT2D eigenvalue weighted by Crippen LogP contribution is -2.27. The molecule has 1 aromatic heterocycles. The third-order valence-electron chi connectivity index (χ3n) is 6.40. The Labute approximate surface area is 159 Å². The molecule has 3 heteroatoms. The summed E-state index contributed by atoms with van der Waals surface area (Å²) in [6, 6.07) is 2.11. The molecule has 2 aliphatic rings. The molecule has 0 aromatic carbocycles. The minimum Gasteiger partial charge on any atom is -0.436 e. The molecule has 1 saturated carbocycles. The van der Waals surface area contributed by atoms with Crippen molar-refractivity contribution < 1.29 is 13.9 Å². The van der Waals surface area contributed by atoms with Crippen molar-refractivity contribution in [3.8, 4) is 5.95 Å². The van der Waals surface area contributed by atoms with Gasteiger partial charge in [0.1, 0.15) is 5.76 Å². The summed E-state index contributed by atoms with van der Waals surface area (Å²) in [7, 11) is 0. The SMILES string of the molecule is CC(OCC1CCCCC1)Oc1cc2c(o1)C(C(C)C)C(C(C)(C)C)C2. The molecule has 1 aromatic rings. The third-order valence-corrected chi connectivity index (χ3v) is 6.40. The second-order valence-electron chi connectivity index (χ2n) is 9.92. The molecule has 0 radical (unpaired) electrons. The number of ether oxygens (including phenoxy) is 2. The van der Waals surface area contributed by atoms with Gasteiger partial charge < -0.3 is 13.9 Å². The maximum absolute atomic E-state index is 6.19. The maximum atomic E-state index is 6.19. The highest BCUT2D eigenvalue weighted by molar-refractivity contribution is 5.34. The second kappa shape index (κ2) is 7.96. The van der Waals surface area contributed by atoms with Crippen molar-refractivity contribution in [3.05, 3.63) is 17.4 Å². The van der Waals surface area contributed by atoms with Crippen molar-refractivity contribution in [1.82, 2.24) is 0 Å². The normalized spacial score (nSPS) is 25.5. The first-order chi connectivity index (χ1) is 12.3. The van der Waals surface area contributed by atoms with E-state index in [-0.39, 0.29) is 11.7 Å². The lowest BCUT2D eigenvalue weighted by atomic mass is 9.71. The molecule has 0 spiro atoms. The summed E-state index contributed by atoms with van der Waals surface area (Å²) in [6.07, 6.45) is 7.51. The first-order valence-corrected chi connectivity index (χ1v) is 10.7. The van der Waals surface area contributed by atoms with Crippen LogP contribution in [-0.4, -0.2) is 12.9 Å². The van der Waals surface area contributed by atoms with E-state index in [1.165, 1.54) is 37.7 Å². The van der Waals surface area contributed by atoms with Crippen molar-refractivity contribution >= 4 is 0 Å². The van der Waals surface area contributed by atoms with Gasteiger partial charge in [0.2, 0.25) is 0 Å². The summed E-state index contributed by atoms with van der Waals surface area (Å²) in [5, 5.41) is 0. The van der Waals surface area contributed by atoms with Gasteiger partial charge in [-0.15, -0.1) is 0 Å². The Hall–Kier alpha value is -0.960. The van der Waals surface area contributed by atoms with Crippen LogP contribution in [0, 0.1) is 23.2 Å². The molecule has 3 atom stereocenters. The molecule has 26 heavy (non-hydrogen) atoms. The molecule has 0 saturated heterocycles. The van der Waals surface area contributed by atoms with Crippen LogP contribution in [-0.2, 0) is 11.2 Å². The number of hydrogen-bond donors (Lipinski definition) is 0. The zero-order chi connectivity index (χ0) is 18.9. The van der Waals surface area contributed by atoms with E-state index >= 15 is 0 Å². The monoisotopic (exact) mass is 362 g/mol. The number of hydrogen-bond acceptors (Lipinski definition) is 3. The minimum absolute atomic E-state index is 0.251. The van der Waals surface area contributed by atoms with Gasteiger partial charge in [-0.05, 0) is 54.9 Å². The average molecular weight is 363 g/mol. The van der Waals surface area contributed by atoms with Gasteiger partial charge in [-0.2, -0.15) is 0 Å². The van der Waals surface area contributed by atoms with E-state index in [0.717, 1.165) is 18.8 Å². The zero-order valence-corrected chi connectivity index (χ0v) is 17.6. The van der Waals surface area contributed by atoms with Crippen molar-refractivity contribution in [2.45, 2.75) is 92.3 Å². The van der Waals surface area contributed by atoms with Gasteiger partial charge >= 0.3 is 0 Å². The number of furan rings is 1. The maximum Gasteiger partial charge on any atom is 0.287 e. The molecule has 0 bridgehead atoms. The van der Waals surface area contributed by atoms with Crippen LogP contribution in [0.2, 0.25) is 0 Å². The molecule has 148 valence electrons. The zero-order valence-electron chi connectivity index (χ0n) is 17.6. The molecule has 1 fully saturated rings. The van der Waals surface area contributed by atoms with Crippen LogP contribution in [0.25, 0.3) is 0 Å². The molecule has 3 unspecified atom stereocenters. The highest BCUT2D eigenvalue weighted by atomic mass is 16.7. The van der Waals surface area contributed by atoms with E-state index in [1.54, 1.807) is 0 Å². The average Bonchev–Trinajstić information content (AvgIpc) is 3.10. The predicted molar refractivity (Wildman–Crippen MR) is 106 cm³/mol. The van der Waals surface area contributed by atoms with Crippen LogP contribution >= 0.6 is 0 Å². The van der Waals surface area contributed by atoms with E-state index in [4.69, 9.17) is 13.9 Å². The first kappa shape index (κ1) is 19.8. The molecule has 3 rings (SSSR count). The van der Waals surface area contributed by atoms with Gasteiger partial charge in [0, 0.05) is 12.0 Å². The Morgan fingerprint density at radius 3 is 2.42 bits per heavy atom. The second-order valence-corrected chi connectivity index (χ2v) is 9.92. The van der Waals surface area contributed by atoms with Crippen LogP contribution in [0.3, 0.4) is 0 Å². The molecule has 3 nitrogen and oxygen atoms in total. The van der Waals surface area contributed by atoms with Crippen LogP contribution in [0.15, 0.2) is 10.5 Å². The summed E-state index contributed by atoms with van der Waals surface area (Å²) in [4.78, 5) is 0. The Bertz CT molecular complexity index is 575. The molecule has 1 heterocycles. The van der Waals surface area contributed by atoms with Gasteiger partial charge in [-0.1, -0.05) is 53.9 Å². The Morgan fingerprint density at radius 2 is 1.81 bits per heavy atom. The van der Waals surface area contributed by atoms with E-state index in [1.807, 2.05) is 6.92 Å². The van der Waals surface area contributed by atoms with Gasteiger partial charge in [0.15, 0.2) is 6.29 Å². The summed E-state index contributed by atoms with van der Waals surface area (Å²) >= 11 is 0. The van der Waals surface area contributed by atoms with Gasteiger partial charge in [0.25, 0.3) is 5.95 Å². The van der Waals surface area contributed by atoms with Crippen molar-refractivity contribution in [2.75, 3.05) is 6.61 Å². The highest BCUT2D eigenvalue weighted by Gasteiger charge is 2.43. The lowest BCUT2D eigenvalue weighted by Gasteiger charge is -2.34. The fourth-order valence-electron chi connectivity index (χ4n) is 4.90. The summed E-state index contributed by atoms with van der Waals surface area (Å²) in [5.41, 5.74) is 1.62. The van der Waals surface area contributed by atoms with Crippen molar-refractivity contribution in [3.63, 3.8) is 0 Å². The summed E-state index contributed by atoms with van der Waals surface area (Å²) < 4.78 is 18.1. The van der Waals surface area contributed by atoms with E-state index < -0.39 is 0 Å². The molecule has 0 N–H and O–H groups in total. The van der Waals surface area contributed by atoms with E-state index in [0.29, 0.717) is 29.6 Å². The minimum atomic E-state index is -0.251. The van der Waals surface area contributed by atoms with Crippen LogP contribution in [0.4, 0.5) is 0 Å². The standard InChI is InChI=1S/C23H38O3/c1-15(2)21-19(23(4,5)6)12-18-13-20(26-22(18)21)25-16(3)24-14-17-10-8-7-9-11-17/h13,15-17,19,21H,7-12,14H2,1-6H3. The fraction of sp³-hybridized carbons (Fsp3) is 0.826. The van der Waals surface area contributed by atoms with Crippen LogP contribution < -0.4 is 4.74 Å². The smallest absolute Gasteiger partial charge is 0.287 e. The lowest BCUT2D eigenvalue weighted by molar-refractivity contribution is -0.0918. The fourth-order valence-corrected chi connectivity index (χ4v) is 4.90. The van der Waals surface area contributed by atoms with Gasteiger partial charge in [-0.25, -0.2) is 0 Å². The highest BCUT2D eigenvalue weighted by Crippen LogP contribution is 2.52. The molecular weight excluding hydrogens is 324 g/mol. The Kier molecular flexibility index (Phi) is 6.06. The summed E-state index contributed by atoms with van der Waals surface area (Å²) in [5.74, 6) is 4.15. The molecule has 0 amide bonds. The first-order valence-electron chi connectivity index (χ1n) is 10.7. The van der Waals surface area contributed by atoms with Gasteiger partial charge in [-0.3, -0.25) is 0 Å². The van der Waals surface area contributed by atoms with Gasteiger partial charge in [0.05, 0.1) is 6.61 Å². The topological polar surface area (TPSA) is 31.6 Å². The third kappa shape index (κ3) is 4.47. The predicted octanol–water partition coefficient (Wildman–Crippen LogP) is 6.56. The quantitative estimate of drug-likeness (QED) is 0.537. The Balaban J connectivity index is 1.59. The van der Waals surface area contributed by atoms with Crippen LogP contribution in [0.5, 0.6) is 5.95 Å².